The van der Waals surface area contributed by atoms with Crippen LogP contribution in [0.25, 0.3) is 10.9 Å². The molecule has 10 heteroatoms. The van der Waals surface area contributed by atoms with Crippen LogP contribution in [0.3, 0.4) is 0 Å². The molecule has 2 aromatic carbocycles. The Kier molecular flexibility index (Phi) is 13.5. The summed E-state index contributed by atoms with van der Waals surface area (Å²) in [5.41, 5.74) is 4.08. The Morgan fingerprint density at radius 1 is 1.17 bits per heavy atom. The number of halogens is 2. The largest absolute Gasteiger partial charge is 0.492 e. The Morgan fingerprint density at radius 3 is 2.61 bits per heavy atom. The molecule has 0 saturated heterocycles. The van der Waals surface area contributed by atoms with Crippen molar-refractivity contribution in [1.82, 2.24) is 15.5 Å². The maximum Gasteiger partial charge on any atom is 0.235 e. The molecule has 0 bridgehead atoms. The van der Waals surface area contributed by atoms with E-state index >= 15 is 0 Å². The van der Waals surface area contributed by atoms with Crippen molar-refractivity contribution < 1.29 is 18.6 Å². The summed E-state index contributed by atoms with van der Waals surface area (Å²) in [5.74, 6) is 0.809. The number of aromatic amines is 1. The van der Waals surface area contributed by atoms with Gasteiger partial charge in [-0.2, -0.15) is 5.10 Å². The molecule has 0 saturated carbocycles. The van der Waals surface area contributed by atoms with Crippen molar-refractivity contribution in [2.24, 2.45) is 0 Å². The first-order chi connectivity index (χ1) is 17.2. The number of anilines is 1. The minimum Gasteiger partial charge on any atom is -0.492 e. The SMILES string of the molecule is CC(F)F.CCCc1[nH]nc2cc(OCCNCC(O)c3cccc(NP(C)SC(C)C)c3)ccc12. The van der Waals surface area contributed by atoms with Crippen LogP contribution < -0.4 is 15.1 Å². The van der Waals surface area contributed by atoms with Crippen molar-refractivity contribution in [2.75, 3.05) is 31.4 Å². The number of aliphatic hydroxyl groups excluding tert-OH is 1. The molecule has 2 unspecified atom stereocenters. The van der Waals surface area contributed by atoms with Crippen LogP contribution in [0, 0.1) is 0 Å². The lowest BCUT2D eigenvalue weighted by atomic mass is 10.1. The zero-order valence-corrected chi connectivity index (χ0v) is 23.4. The van der Waals surface area contributed by atoms with Crippen LogP contribution in [0.15, 0.2) is 42.5 Å². The summed E-state index contributed by atoms with van der Waals surface area (Å²) in [5, 5.41) is 26.7. The summed E-state index contributed by atoms with van der Waals surface area (Å²) in [7, 11) is -0.332. The van der Waals surface area contributed by atoms with Gasteiger partial charge < -0.3 is 20.2 Å². The summed E-state index contributed by atoms with van der Waals surface area (Å²) in [6, 6.07) is 14.1. The fraction of sp³-hybridized carbons (Fsp3) is 0.500. The molecule has 0 fully saturated rings. The van der Waals surface area contributed by atoms with Gasteiger partial charge in [-0.3, -0.25) is 5.10 Å². The standard InChI is InChI=1S/C24H35N4O2PS.C2H4F2/c1-5-7-22-21-11-10-20(15-23(21)27-26-22)30-13-12-25-16-24(29)18-8-6-9-19(14-18)28-31(4)32-17(2)3;1-2(3)4/h6,8-11,14-15,17,24-25,28-29H,5,7,12-13,16H2,1-4H3,(H,26,27);2H,1H3. The van der Waals surface area contributed by atoms with E-state index in [4.69, 9.17) is 4.74 Å². The summed E-state index contributed by atoms with van der Waals surface area (Å²) in [6.07, 6.45) is -0.640. The molecule has 6 nitrogen and oxygen atoms in total. The van der Waals surface area contributed by atoms with Gasteiger partial charge in [0.1, 0.15) is 12.4 Å². The highest BCUT2D eigenvalue weighted by Gasteiger charge is 2.10. The number of rotatable bonds is 13. The van der Waals surface area contributed by atoms with Gasteiger partial charge in [-0.1, -0.05) is 39.3 Å². The molecule has 0 amide bonds. The smallest absolute Gasteiger partial charge is 0.235 e. The second kappa shape index (κ2) is 16.0. The quantitative estimate of drug-likeness (QED) is 0.138. The molecule has 0 aliphatic rings. The molecule has 0 radical (unpaired) electrons. The number of hydrogen-bond donors (Lipinski definition) is 4. The Labute approximate surface area is 218 Å². The second-order valence-corrected chi connectivity index (χ2v) is 13.3. The Morgan fingerprint density at radius 2 is 1.92 bits per heavy atom. The molecule has 0 spiro atoms. The van der Waals surface area contributed by atoms with Gasteiger partial charge in [-0.05, 0) is 49.8 Å². The monoisotopic (exact) mass is 540 g/mol. The summed E-state index contributed by atoms with van der Waals surface area (Å²) in [6.45, 7) is 11.3. The van der Waals surface area contributed by atoms with Crippen molar-refractivity contribution in [3.63, 3.8) is 0 Å². The van der Waals surface area contributed by atoms with Crippen molar-refractivity contribution >= 4 is 35.2 Å². The highest BCUT2D eigenvalue weighted by Crippen LogP contribution is 2.48. The summed E-state index contributed by atoms with van der Waals surface area (Å²) < 4.78 is 26.5. The van der Waals surface area contributed by atoms with Crippen molar-refractivity contribution in [1.29, 1.82) is 0 Å². The van der Waals surface area contributed by atoms with Gasteiger partial charge in [0.2, 0.25) is 6.43 Å². The maximum atomic E-state index is 10.6. The minimum absolute atomic E-state index is 0.332. The van der Waals surface area contributed by atoms with E-state index in [1.807, 2.05) is 41.7 Å². The molecule has 0 aliphatic heterocycles. The predicted octanol–water partition coefficient (Wildman–Crippen LogP) is 6.98. The highest BCUT2D eigenvalue weighted by molar-refractivity contribution is 8.56. The average Bonchev–Trinajstić information content (AvgIpc) is 3.20. The van der Waals surface area contributed by atoms with E-state index in [-0.39, 0.29) is 7.27 Å². The van der Waals surface area contributed by atoms with Crippen LogP contribution in [0.1, 0.15) is 51.5 Å². The van der Waals surface area contributed by atoms with Gasteiger partial charge in [0.25, 0.3) is 0 Å². The lowest BCUT2D eigenvalue weighted by molar-refractivity contribution is 0.171. The minimum atomic E-state index is -2.17. The first kappa shape index (κ1) is 30.3. The molecule has 200 valence electrons. The van der Waals surface area contributed by atoms with Crippen LogP contribution in [-0.2, 0) is 6.42 Å². The van der Waals surface area contributed by atoms with Crippen LogP contribution >= 0.6 is 18.7 Å². The molecule has 3 rings (SSSR count). The molecule has 4 N–H and O–H groups in total. The van der Waals surface area contributed by atoms with Crippen molar-refractivity contribution in [3.8, 4) is 5.75 Å². The molecular weight excluding hydrogens is 501 g/mol. The second-order valence-electron chi connectivity index (χ2n) is 8.61. The predicted molar refractivity (Wildman–Crippen MR) is 151 cm³/mol. The number of aryl methyl sites for hydroxylation is 1. The third kappa shape index (κ3) is 11.0. The first-order valence-electron chi connectivity index (χ1n) is 12.2. The van der Waals surface area contributed by atoms with Crippen LogP contribution in [0.4, 0.5) is 14.5 Å². The zero-order valence-electron chi connectivity index (χ0n) is 21.7. The third-order valence-corrected chi connectivity index (χ3v) is 8.72. The van der Waals surface area contributed by atoms with E-state index in [2.05, 4.69) is 60.2 Å². The van der Waals surface area contributed by atoms with E-state index in [1.165, 1.54) is 5.69 Å². The van der Waals surface area contributed by atoms with Gasteiger partial charge in [-0.15, -0.1) is 11.4 Å². The van der Waals surface area contributed by atoms with E-state index in [0.717, 1.165) is 47.7 Å². The Balaban J connectivity index is 0.00000106. The zero-order chi connectivity index (χ0) is 26.5. The Hall–Kier alpha value is -1.93. The molecule has 36 heavy (non-hydrogen) atoms. The Bertz CT molecular complexity index is 1040. The number of nitrogens with zero attached hydrogens (tertiary/aromatic N) is 1. The number of benzene rings is 2. The number of hydrogen-bond acceptors (Lipinski definition) is 6. The van der Waals surface area contributed by atoms with Crippen LogP contribution in [0.5, 0.6) is 5.75 Å². The molecular formula is C26H39F2N4O2PS. The molecule has 3 aromatic rings. The normalized spacial score (nSPS) is 12.9. The third-order valence-electron chi connectivity index (χ3n) is 4.92. The summed E-state index contributed by atoms with van der Waals surface area (Å²) >= 11 is 1.94. The van der Waals surface area contributed by atoms with Crippen LogP contribution in [-0.4, -0.2) is 53.3 Å². The lowest BCUT2D eigenvalue weighted by Gasteiger charge is -2.18. The number of aliphatic hydroxyl groups is 1. The van der Waals surface area contributed by atoms with Gasteiger partial charge in [-0.25, -0.2) is 8.78 Å². The van der Waals surface area contributed by atoms with Crippen molar-refractivity contribution in [3.05, 3.63) is 53.7 Å². The molecule has 2 atom stereocenters. The van der Waals surface area contributed by atoms with Crippen LogP contribution in [0.2, 0.25) is 0 Å². The topological polar surface area (TPSA) is 82.2 Å². The number of aromatic nitrogens is 2. The van der Waals surface area contributed by atoms with Gasteiger partial charge in [0.05, 0.1) is 11.6 Å². The van der Waals surface area contributed by atoms with Crippen molar-refractivity contribution in [2.45, 2.75) is 58.3 Å². The molecule has 1 heterocycles. The average molecular weight is 541 g/mol. The first-order valence-corrected chi connectivity index (χ1v) is 15.5. The fourth-order valence-electron chi connectivity index (χ4n) is 3.51. The number of nitrogens with one attached hydrogen (secondary N) is 3. The molecule has 0 aliphatic carbocycles. The van der Waals surface area contributed by atoms with Gasteiger partial charge >= 0.3 is 0 Å². The van der Waals surface area contributed by atoms with E-state index in [9.17, 15) is 13.9 Å². The van der Waals surface area contributed by atoms with E-state index in [1.54, 1.807) is 0 Å². The van der Waals surface area contributed by atoms with Gasteiger partial charge in [0, 0.05) is 48.4 Å². The highest BCUT2D eigenvalue weighted by atomic mass is 32.7. The van der Waals surface area contributed by atoms with Gasteiger partial charge in [0.15, 0.2) is 0 Å². The van der Waals surface area contributed by atoms with E-state index < -0.39 is 12.5 Å². The number of alkyl halides is 2. The maximum absolute atomic E-state index is 10.6. The number of H-pyrrole nitrogens is 1. The lowest BCUT2D eigenvalue weighted by Crippen LogP contribution is -2.26. The number of fused-ring (bicyclic) bond motifs is 1. The fourth-order valence-corrected chi connectivity index (χ4v) is 7.07. The summed E-state index contributed by atoms with van der Waals surface area (Å²) in [4.78, 5) is 0. The molecule has 1 aromatic heterocycles. The number of ether oxygens (including phenoxy) is 1. The van der Waals surface area contributed by atoms with E-state index in [0.29, 0.717) is 24.9 Å².